The maximum atomic E-state index is 13.1. The van der Waals surface area contributed by atoms with Gasteiger partial charge in [0, 0.05) is 25.3 Å². The number of aryl methyl sites for hydroxylation is 1. The molecule has 0 aliphatic carbocycles. The normalized spacial score (nSPS) is 16.7. The van der Waals surface area contributed by atoms with Crippen LogP contribution in [0.2, 0.25) is 0 Å². The van der Waals surface area contributed by atoms with Gasteiger partial charge in [0.2, 0.25) is 5.91 Å². The van der Waals surface area contributed by atoms with Crippen molar-refractivity contribution in [2.75, 3.05) is 25.0 Å². The first-order chi connectivity index (χ1) is 12.9. The van der Waals surface area contributed by atoms with Crippen molar-refractivity contribution >= 4 is 17.6 Å². The Morgan fingerprint density at radius 3 is 2.52 bits per heavy atom. The number of anilines is 1. The molecule has 1 aliphatic rings. The summed E-state index contributed by atoms with van der Waals surface area (Å²) in [5.41, 5.74) is 3.25. The maximum Gasteiger partial charge on any atom is 0.322 e. The van der Waals surface area contributed by atoms with Gasteiger partial charge in [-0.05, 0) is 50.2 Å². The molecule has 5 nitrogen and oxygen atoms in total. The quantitative estimate of drug-likeness (QED) is 0.758. The number of likely N-dealkylation sites (N-methyl/N-ethyl adjacent to an activating group) is 1. The minimum absolute atomic E-state index is 0.0681. The van der Waals surface area contributed by atoms with Gasteiger partial charge in [-0.25, -0.2) is 4.79 Å². The van der Waals surface area contributed by atoms with E-state index in [1.807, 2.05) is 18.7 Å². The van der Waals surface area contributed by atoms with Gasteiger partial charge in [0.25, 0.3) is 0 Å². The summed E-state index contributed by atoms with van der Waals surface area (Å²) in [6.45, 7) is 12.4. The molecule has 1 fully saturated rings. The topological polar surface area (TPSA) is 52.7 Å². The average molecular weight is 374 g/mol. The summed E-state index contributed by atoms with van der Waals surface area (Å²) in [4.78, 5) is 29.5. The molecule has 1 saturated heterocycles. The SMILES string of the molecule is CCCc1cccc(C(C)C)c1NC(=O)N1CCC[C@@H]1C(=O)N(CC)CC. The molecule has 0 radical (unpaired) electrons. The van der Waals surface area contributed by atoms with Crippen LogP contribution in [0.4, 0.5) is 10.5 Å². The van der Waals surface area contributed by atoms with Gasteiger partial charge in [0.15, 0.2) is 0 Å². The van der Waals surface area contributed by atoms with Crippen molar-refractivity contribution in [3.63, 3.8) is 0 Å². The Bertz CT molecular complexity index is 653. The molecule has 1 aromatic carbocycles. The molecule has 2 rings (SSSR count). The molecular weight excluding hydrogens is 338 g/mol. The predicted octanol–water partition coefficient (Wildman–Crippen LogP) is 4.63. The van der Waals surface area contributed by atoms with E-state index in [0.717, 1.165) is 36.9 Å². The Kier molecular flexibility index (Phi) is 7.69. The first-order valence-corrected chi connectivity index (χ1v) is 10.4. The number of carbonyl (C=O) groups is 2. The van der Waals surface area contributed by atoms with Gasteiger partial charge in [0.1, 0.15) is 6.04 Å². The molecule has 0 bridgehead atoms. The van der Waals surface area contributed by atoms with Crippen LogP contribution in [0.3, 0.4) is 0 Å². The Morgan fingerprint density at radius 1 is 1.22 bits per heavy atom. The van der Waals surface area contributed by atoms with Crippen LogP contribution in [0, 0.1) is 0 Å². The van der Waals surface area contributed by atoms with Crippen molar-refractivity contribution in [1.29, 1.82) is 0 Å². The second-order valence-corrected chi connectivity index (χ2v) is 7.58. The summed E-state index contributed by atoms with van der Waals surface area (Å²) >= 11 is 0. The van der Waals surface area contributed by atoms with E-state index in [-0.39, 0.29) is 18.0 Å². The Morgan fingerprint density at radius 2 is 1.93 bits per heavy atom. The average Bonchev–Trinajstić information content (AvgIpc) is 3.13. The Balaban J connectivity index is 2.24. The fraction of sp³-hybridized carbons (Fsp3) is 0.636. The van der Waals surface area contributed by atoms with Gasteiger partial charge < -0.3 is 15.1 Å². The Labute approximate surface area is 164 Å². The number of hydrogen-bond acceptors (Lipinski definition) is 2. The summed E-state index contributed by atoms with van der Waals surface area (Å²) in [6.07, 6.45) is 3.57. The van der Waals surface area contributed by atoms with Crippen molar-refractivity contribution in [2.45, 2.75) is 72.3 Å². The highest BCUT2D eigenvalue weighted by atomic mass is 16.2. The van der Waals surface area contributed by atoms with E-state index in [9.17, 15) is 9.59 Å². The van der Waals surface area contributed by atoms with Crippen LogP contribution in [0.25, 0.3) is 0 Å². The van der Waals surface area contributed by atoms with Gasteiger partial charge in [-0.15, -0.1) is 0 Å². The van der Waals surface area contributed by atoms with Crippen LogP contribution < -0.4 is 5.32 Å². The number of amides is 3. The lowest BCUT2D eigenvalue weighted by Gasteiger charge is -2.30. The standard InChI is InChI=1S/C22H35N3O2/c1-6-11-17-12-9-13-18(16(4)5)20(17)23-22(27)25-15-10-14-19(25)21(26)24(7-2)8-3/h9,12-13,16,19H,6-8,10-11,14-15H2,1-5H3,(H,23,27)/t19-/m1/s1. The Hall–Kier alpha value is -2.04. The smallest absolute Gasteiger partial charge is 0.322 e. The fourth-order valence-electron chi connectivity index (χ4n) is 3.92. The molecule has 0 aromatic heterocycles. The first-order valence-electron chi connectivity index (χ1n) is 10.4. The molecule has 5 heteroatoms. The first kappa shape index (κ1) is 21.3. The van der Waals surface area contributed by atoms with Crippen LogP contribution in [-0.4, -0.2) is 47.4 Å². The minimum Gasteiger partial charge on any atom is -0.341 e. The third-order valence-electron chi connectivity index (χ3n) is 5.43. The lowest BCUT2D eigenvalue weighted by Crippen LogP contribution is -2.49. The van der Waals surface area contributed by atoms with Gasteiger partial charge in [-0.2, -0.15) is 0 Å². The molecule has 0 unspecified atom stereocenters. The van der Waals surface area contributed by atoms with Crippen LogP contribution >= 0.6 is 0 Å². The molecule has 1 atom stereocenters. The van der Waals surface area contributed by atoms with E-state index >= 15 is 0 Å². The summed E-state index contributed by atoms with van der Waals surface area (Å²) in [6, 6.07) is 5.75. The number of benzene rings is 1. The summed E-state index contributed by atoms with van der Waals surface area (Å²) in [5.74, 6) is 0.391. The van der Waals surface area contributed by atoms with Crippen LogP contribution in [0.5, 0.6) is 0 Å². The second kappa shape index (κ2) is 9.77. The highest BCUT2D eigenvalue weighted by molar-refractivity contribution is 5.95. The number of urea groups is 1. The number of para-hydroxylation sites is 1. The van der Waals surface area contributed by atoms with E-state index in [1.165, 1.54) is 5.56 Å². The number of rotatable bonds is 7. The summed E-state index contributed by atoms with van der Waals surface area (Å²) < 4.78 is 0. The van der Waals surface area contributed by atoms with E-state index in [1.54, 1.807) is 4.90 Å². The van der Waals surface area contributed by atoms with E-state index < -0.39 is 0 Å². The lowest BCUT2D eigenvalue weighted by atomic mass is 9.96. The minimum atomic E-state index is -0.342. The zero-order valence-corrected chi connectivity index (χ0v) is 17.5. The second-order valence-electron chi connectivity index (χ2n) is 7.58. The van der Waals surface area contributed by atoms with Crippen molar-refractivity contribution in [1.82, 2.24) is 9.80 Å². The van der Waals surface area contributed by atoms with E-state index in [2.05, 4.69) is 44.3 Å². The zero-order chi connectivity index (χ0) is 20.0. The van der Waals surface area contributed by atoms with Crippen molar-refractivity contribution < 1.29 is 9.59 Å². The monoisotopic (exact) mass is 373 g/mol. The summed E-state index contributed by atoms with van der Waals surface area (Å²) in [5, 5.41) is 3.16. The molecule has 1 aromatic rings. The van der Waals surface area contributed by atoms with E-state index in [0.29, 0.717) is 25.6 Å². The molecule has 1 heterocycles. The van der Waals surface area contributed by atoms with Crippen LogP contribution in [0.1, 0.15) is 70.9 Å². The highest BCUT2D eigenvalue weighted by Gasteiger charge is 2.36. The van der Waals surface area contributed by atoms with Crippen LogP contribution in [-0.2, 0) is 11.2 Å². The molecule has 0 spiro atoms. The molecule has 0 saturated carbocycles. The fourth-order valence-corrected chi connectivity index (χ4v) is 3.92. The predicted molar refractivity (Wildman–Crippen MR) is 111 cm³/mol. The summed E-state index contributed by atoms with van der Waals surface area (Å²) in [7, 11) is 0. The molecule has 27 heavy (non-hydrogen) atoms. The maximum absolute atomic E-state index is 13.1. The van der Waals surface area contributed by atoms with Gasteiger partial charge in [-0.1, -0.05) is 45.4 Å². The number of hydrogen-bond donors (Lipinski definition) is 1. The van der Waals surface area contributed by atoms with Crippen molar-refractivity contribution in [3.05, 3.63) is 29.3 Å². The number of nitrogens with zero attached hydrogens (tertiary/aromatic N) is 2. The van der Waals surface area contributed by atoms with Crippen LogP contribution in [0.15, 0.2) is 18.2 Å². The number of nitrogens with one attached hydrogen (secondary N) is 1. The van der Waals surface area contributed by atoms with Crippen molar-refractivity contribution in [2.24, 2.45) is 0 Å². The number of carbonyl (C=O) groups excluding carboxylic acids is 2. The largest absolute Gasteiger partial charge is 0.341 e. The van der Waals surface area contributed by atoms with Gasteiger partial charge >= 0.3 is 6.03 Å². The van der Waals surface area contributed by atoms with E-state index in [4.69, 9.17) is 0 Å². The third kappa shape index (κ3) is 4.82. The molecule has 150 valence electrons. The molecule has 3 amide bonds. The molecule has 1 N–H and O–H groups in total. The van der Waals surface area contributed by atoms with Gasteiger partial charge in [0.05, 0.1) is 0 Å². The number of likely N-dealkylation sites (tertiary alicyclic amines) is 1. The third-order valence-corrected chi connectivity index (χ3v) is 5.43. The zero-order valence-electron chi connectivity index (χ0n) is 17.5. The molecular formula is C22H35N3O2. The lowest BCUT2D eigenvalue weighted by molar-refractivity contribution is -0.134. The highest BCUT2D eigenvalue weighted by Crippen LogP contribution is 2.30. The van der Waals surface area contributed by atoms with Gasteiger partial charge in [-0.3, -0.25) is 4.79 Å². The van der Waals surface area contributed by atoms with Crippen molar-refractivity contribution in [3.8, 4) is 0 Å². The molecule has 1 aliphatic heterocycles.